The lowest BCUT2D eigenvalue weighted by Crippen LogP contribution is -2.32. The Balaban J connectivity index is 2.83. The molecule has 0 radical (unpaired) electrons. The SMILES string of the molecule is C=CC[C@@H]1[C@@H](C=C)CC[C@@]1(O)C=C. The van der Waals surface area contributed by atoms with Gasteiger partial charge in [0.15, 0.2) is 0 Å². The minimum atomic E-state index is -0.701. The van der Waals surface area contributed by atoms with Crippen molar-refractivity contribution in [3.8, 4) is 0 Å². The largest absolute Gasteiger partial charge is 0.385 e. The van der Waals surface area contributed by atoms with Gasteiger partial charge in [0.1, 0.15) is 0 Å². The van der Waals surface area contributed by atoms with Gasteiger partial charge in [0, 0.05) is 5.92 Å². The Morgan fingerprint density at radius 3 is 2.54 bits per heavy atom. The van der Waals surface area contributed by atoms with Crippen LogP contribution in [0.2, 0.25) is 0 Å². The van der Waals surface area contributed by atoms with Gasteiger partial charge in [-0.25, -0.2) is 0 Å². The van der Waals surface area contributed by atoms with Gasteiger partial charge in [0.05, 0.1) is 5.60 Å². The predicted molar refractivity (Wildman–Crippen MR) is 56.4 cm³/mol. The quantitative estimate of drug-likeness (QED) is 0.656. The fourth-order valence-corrected chi connectivity index (χ4v) is 2.25. The third-order valence-electron chi connectivity index (χ3n) is 3.11. The molecular formula is C12H18O. The van der Waals surface area contributed by atoms with Crippen LogP contribution in [0.5, 0.6) is 0 Å². The van der Waals surface area contributed by atoms with E-state index in [0.717, 1.165) is 19.3 Å². The van der Waals surface area contributed by atoms with E-state index in [-0.39, 0.29) is 5.92 Å². The van der Waals surface area contributed by atoms with Crippen molar-refractivity contribution in [2.24, 2.45) is 11.8 Å². The Morgan fingerprint density at radius 2 is 2.08 bits per heavy atom. The first kappa shape index (κ1) is 10.3. The van der Waals surface area contributed by atoms with Crippen LogP contribution < -0.4 is 0 Å². The molecule has 0 amide bonds. The van der Waals surface area contributed by atoms with E-state index in [9.17, 15) is 5.11 Å². The van der Waals surface area contributed by atoms with E-state index in [0.29, 0.717) is 5.92 Å². The van der Waals surface area contributed by atoms with Crippen LogP contribution in [0.1, 0.15) is 19.3 Å². The highest BCUT2D eigenvalue weighted by atomic mass is 16.3. The summed E-state index contributed by atoms with van der Waals surface area (Å²) in [6, 6.07) is 0. The summed E-state index contributed by atoms with van der Waals surface area (Å²) < 4.78 is 0. The van der Waals surface area contributed by atoms with E-state index in [2.05, 4.69) is 19.7 Å². The van der Waals surface area contributed by atoms with Crippen LogP contribution in [0, 0.1) is 11.8 Å². The van der Waals surface area contributed by atoms with Crippen molar-refractivity contribution in [2.75, 3.05) is 0 Å². The molecule has 1 nitrogen and oxygen atoms in total. The van der Waals surface area contributed by atoms with E-state index in [1.54, 1.807) is 6.08 Å². The van der Waals surface area contributed by atoms with Crippen LogP contribution in [0.25, 0.3) is 0 Å². The molecule has 1 heteroatoms. The van der Waals surface area contributed by atoms with E-state index in [4.69, 9.17) is 0 Å². The van der Waals surface area contributed by atoms with E-state index < -0.39 is 5.60 Å². The van der Waals surface area contributed by atoms with Gasteiger partial charge in [-0.1, -0.05) is 18.2 Å². The average Bonchev–Trinajstić information content (AvgIpc) is 2.46. The molecule has 72 valence electrons. The molecule has 1 fully saturated rings. The normalized spacial score (nSPS) is 38.5. The third-order valence-corrected chi connectivity index (χ3v) is 3.11. The lowest BCUT2D eigenvalue weighted by atomic mass is 9.83. The Bertz CT molecular complexity index is 219. The lowest BCUT2D eigenvalue weighted by molar-refractivity contribution is 0.0457. The average molecular weight is 178 g/mol. The molecule has 13 heavy (non-hydrogen) atoms. The van der Waals surface area contributed by atoms with Crippen LogP contribution in [0.15, 0.2) is 38.0 Å². The summed E-state index contributed by atoms with van der Waals surface area (Å²) in [6.45, 7) is 11.2. The molecule has 0 aromatic heterocycles. The summed E-state index contributed by atoms with van der Waals surface area (Å²) in [4.78, 5) is 0. The van der Waals surface area contributed by atoms with Gasteiger partial charge in [-0.15, -0.1) is 19.7 Å². The van der Waals surface area contributed by atoms with Gasteiger partial charge in [0.2, 0.25) is 0 Å². The van der Waals surface area contributed by atoms with Gasteiger partial charge in [-0.2, -0.15) is 0 Å². The summed E-state index contributed by atoms with van der Waals surface area (Å²) >= 11 is 0. The first-order valence-electron chi connectivity index (χ1n) is 4.77. The topological polar surface area (TPSA) is 20.2 Å². The molecule has 0 aromatic carbocycles. The fraction of sp³-hybridized carbons (Fsp3) is 0.500. The smallest absolute Gasteiger partial charge is 0.0861 e. The van der Waals surface area contributed by atoms with Gasteiger partial charge in [-0.3, -0.25) is 0 Å². The van der Waals surface area contributed by atoms with Crippen molar-refractivity contribution in [3.63, 3.8) is 0 Å². The molecule has 0 spiro atoms. The molecule has 0 bridgehead atoms. The maximum absolute atomic E-state index is 10.2. The first-order chi connectivity index (χ1) is 6.18. The van der Waals surface area contributed by atoms with Crippen molar-refractivity contribution >= 4 is 0 Å². The summed E-state index contributed by atoms with van der Waals surface area (Å²) in [5.74, 6) is 0.626. The monoisotopic (exact) mass is 178 g/mol. The minimum Gasteiger partial charge on any atom is -0.385 e. The number of allylic oxidation sites excluding steroid dienone is 2. The van der Waals surface area contributed by atoms with Crippen molar-refractivity contribution in [1.82, 2.24) is 0 Å². The van der Waals surface area contributed by atoms with Crippen LogP contribution in [0.3, 0.4) is 0 Å². The number of rotatable bonds is 4. The first-order valence-corrected chi connectivity index (χ1v) is 4.77. The molecule has 1 aliphatic rings. The molecule has 0 heterocycles. The summed E-state index contributed by atoms with van der Waals surface area (Å²) in [7, 11) is 0. The lowest BCUT2D eigenvalue weighted by Gasteiger charge is -2.28. The zero-order valence-electron chi connectivity index (χ0n) is 8.08. The molecule has 3 atom stereocenters. The maximum Gasteiger partial charge on any atom is 0.0861 e. The molecular weight excluding hydrogens is 160 g/mol. The number of hydrogen-bond acceptors (Lipinski definition) is 1. The van der Waals surface area contributed by atoms with Crippen molar-refractivity contribution in [2.45, 2.75) is 24.9 Å². The van der Waals surface area contributed by atoms with Gasteiger partial charge >= 0.3 is 0 Å². The number of aliphatic hydroxyl groups is 1. The van der Waals surface area contributed by atoms with E-state index >= 15 is 0 Å². The van der Waals surface area contributed by atoms with Crippen LogP contribution >= 0.6 is 0 Å². The molecule has 0 unspecified atom stereocenters. The van der Waals surface area contributed by atoms with Crippen molar-refractivity contribution in [3.05, 3.63) is 38.0 Å². The fourth-order valence-electron chi connectivity index (χ4n) is 2.25. The summed E-state index contributed by atoms with van der Waals surface area (Å²) in [5, 5.41) is 10.2. The molecule has 1 rings (SSSR count). The minimum absolute atomic E-state index is 0.222. The molecule has 1 aliphatic carbocycles. The Kier molecular flexibility index (Phi) is 3.10. The highest BCUT2D eigenvalue weighted by molar-refractivity contribution is 5.11. The number of hydrogen-bond donors (Lipinski definition) is 1. The molecule has 1 saturated carbocycles. The third kappa shape index (κ3) is 1.75. The Morgan fingerprint density at radius 1 is 1.38 bits per heavy atom. The second-order valence-corrected chi connectivity index (χ2v) is 3.76. The second kappa shape index (κ2) is 3.93. The zero-order chi connectivity index (χ0) is 9.90. The van der Waals surface area contributed by atoms with Gasteiger partial charge in [0.25, 0.3) is 0 Å². The van der Waals surface area contributed by atoms with Gasteiger partial charge < -0.3 is 5.11 Å². The Labute approximate surface area is 80.5 Å². The molecule has 0 saturated heterocycles. The van der Waals surface area contributed by atoms with Crippen LogP contribution in [0.4, 0.5) is 0 Å². The molecule has 0 aliphatic heterocycles. The summed E-state index contributed by atoms with van der Waals surface area (Å²) in [5.41, 5.74) is -0.701. The van der Waals surface area contributed by atoms with Crippen LogP contribution in [-0.2, 0) is 0 Å². The highest BCUT2D eigenvalue weighted by Crippen LogP contribution is 2.43. The van der Waals surface area contributed by atoms with E-state index in [1.807, 2.05) is 12.2 Å². The van der Waals surface area contributed by atoms with Crippen molar-refractivity contribution in [1.29, 1.82) is 0 Å². The second-order valence-electron chi connectivity index (χ2n) is 3.76. The van der Waals surface area contributed by atoms with Crippen molar-refractivity contribution < 1.29 is 5.11 Å². The standard InChI is InChI=1S/C12H18O/c1-4-7-11-10(5-2)8-9-12(11,13)6-3/h4-6,10-11,13H,1-3,7-9H2/t10-,11+,12-/m0/s1. The highest BCUT2D eigenvalue weighted by Gasteiger charge is 2.42. The van der Waals surface area contributed by atoms with Gasteiger partial charge in [-0.05, 0) is 25.2 Å². The van der Waals surface area contributed by atoms with Crippen LogP contribution in [-0.4, -0.2) is 10.7 Å². The molecule has 1 N–H and O–H groups in total. The maximum atomic E-state index is 10.2. The predicted octanol–water partition coefficient (Wildman–Crippen LogP) is 2.69. The Hall–Kier alpha value is -0.820. The summed E-state index contributed by atoms with van der Waals surface area (Å²) in [6.07, 6.45) is 8.11. The van der Waals surface area contributed by atoms with E-state index in [1.165, 1.54) is 0 Å². The zero-order valence-corrected chi connectivity index (χ0v) is 8.08. The molecule has 0 aromatic rings.